The number of carbonyl (C=O) groups excluding carboxylic acids is 2. The summed E-state index contributed by atoms with van der Waals surface area (Å²) in [6.07, 6.45) is 1.52. The minimum absolute atomic E-state index is 0.0359. The second-order valence-electron chi connectivity index (χ2n) is 6.36. The maximum atomic E-state index is 13.1. The third-order valence-electron chi connectivity index (χ3n) is 4.16. The number of carboxylic acids is 1. The number of hydrogen-bond acceptors (Lipinski definition) is 3. The summed E-state index contributed by atoms with van der Waals surface area (Å²) in [6, 6.07) is 20.4. The van der Waals surface area contributed by atoms with E-state index in [1.165, 1.54) is 12.1 Å². The zero-order chi connectivity index (χ0) is 22.4. The Morgan fingerprint density at radius 2 is 1.48 bits per heavy atom. The molecule has 8 heteroatoms. The zero-order valence-electron chi connectivity index (χ0n) is 15.9. The Balaban J connectivity index is 1.96. The predicted octanol–water partition coefficient (Wildman–Crippen LogP) is 5.32. The second-order valence-corrected chi connectivity index (χ2v) is 8.13. The van der Waals surface area contributed by atoms with E-state index in [0.717, 1.165) is 0 Å². The van der Waals surface area contributed by atoms with Crippen molar-refractivity contribution in [2.75, 3.05) is 5.32 Å². The molecule has 0 heterocycles. The standard InChI is InChI=1S/C23H16Br2N2O4/c24-16-12-17(23(30)31)20(18(25)13-16)27-22(29)19(11-14-7-3-1-4-8-14)26-21(28)15-9-5-2-6-10-15/h1-13H,(H,26,28)(H,27,29)(H,30,31)/b19-11+. The Morgan fingerprint density at radius 3 is 2.10 bits per heavy atom. The van der Waals surface area contributed by atoms with Crippen molar-refractivity contribution >= 4 is 61.4 Å². The van der Waals surface area contributed by atoms with Crippen molar-refractivity contribution in [2.24, 2.45) is 0 Å². The fourth-order valence-electron chi connectivity index (χ4n) is 2.71. The highest BCUT2D eigenvalue weighted by Gasteiger charge is 2.20. The molecule has 0 aliphatic rings. The number of nitrogens with one attached hydrogen (secondary N) is 2. The van der Waals surface area contributed by atoms with E-state index in [-0.39, 0.29) is 16.9 Å². The molecule has 3 aromatic carbocycles. The van der Waals surface area contributed by atoms with Gasteiger partial charge in [0.1, 0.15) is 5.70 Å². The van der Waals surface area contributed by atoms with E-state index in [1.807, 2.05) is 6.07 Å². The van der Waals surface area contributed by atoms with E-state index in [2.05, 4.69) is 42.5 Å². The maximum absolute atomic E-state index is 13.1. The number of carboxylic acid groups (broad SMARTS) is 1. The van der Waals surface area contributed by atoms with Crippen LogP contribution in [0.25, 0.3) is 6.08 Å². The van der Waals surface area contributed by atoms with Gasteiger partial charge in [-0.15, -0.1) is 0 Å². The summed E-state index contributed by atoms with van der Waals surface area (Å²) in [5.41, 5.74) is 1.00. The molecule has 0 aromatic heterocycles. The van der Waals surface area contributed by atoms with Gasteiger partial charge in [0, 0.05) is 14.5 Å². The van der Waals surface area contributed by atoms with Gasteiger partial charge in [-0.2, -0.15) is 0 Å². The lowest BCUT2D eigenvalue weighted by Crippen LogP contribution is -2.31. The highest BCUT2D eigenvalue weighted by molar-refractivity contribution is 9.11. The van der Waals surface area contributed by atoms with Crippen LogP contribution in [0.3, 0.4) is 0 Å². The third-order valence-corrected chi connectivity index (χ3v) is 5.25. The Hall–Kier alpha value is -3.23. The summed E-state index contributed by atoms with van der Waals surface area (Å²) < 4.78 is 0.910. The molecule has 156 valence electrons. The van der Waals surface area contributed by atoms with Crippen molar-refractivity contribution in [2.45, 2.75) is 0 Å². The van der Waals surface area contributed by atoms with Gasteiger partial charge in [0.2, 0.25) is 0 Å². The monoisotopic (exact) mass is 542 g/mol. The van der Waals surface area contributed by atoms with E-state index >= 15 is 0 Å². The summed E-state index contributed by atoms with van der Waals surface area (Å²) in [7, 11) is 0. The van der Waals surface area contributed by atoms with Crippen molar-refractivity contribution in [3.8, 4) is 0 Å². The van der Waals surface area contributed by atoms with Crippen LogP contribution in [-0.4, -0.2) is 22.9 Å². The van der Waals surface area contributed by atoms with Crippen LogP contribution in [-0.2, 0) is 4.79 Å². The fraction of sp³-hybridized carbons (Fsp3) is 0. The minimum atomic E-state index is -1.21. The Labute approximate surface area is 195 Å². The van der Waals surface area contributed by atoms with E-state index in [4.69, 9.17) is 0 Å². The molecule has 0 atom stereocenters. The van der Waals surface area contributed by atoms with Crippen LogP contribution < -0.4 is 10.6 Å². The largest absolute Gasteiger partial charge is 0.478 e. The second kappa shape index (κ2) is 10.2. The summed E-state index contributed by atoms with van der Waals surface area (Å²) in [5, 5.41) is 14.7. The molecule has 0 spiro atoms. The van der Waals surface area contributed by atoms with Gasteiger partial charge in [-0.1, -0.05) is 64.5 Å². The van der Waals surface area contributed by atoms with Crippen molar-refractivity contribution in [1.82, 2.24) is 5.32 Å². The molecule has 0 radical (unpaired) electrons. The highest BCUT2D eigenvalue weighted by atomic mass is 79.9. The van der Waals surface area contributed by atoms with Crippen LogP contribution in [0.15, 0.2) is 87.4 Å². The molecule has 0 unspecified atom stereocenters. The number of hydrogen-bond donors (Lipinski definition) is 3. The minimum Gasteiger partial charge on any atom is -0.478 e. The van der Waals surface area contributed by atoms with Crippen LogP contribution in [0.5, 0.6) is 0 Å². The van der Waals surface area contributed by atoms with E-state index < -0.39 is 17.8 Å². The van der Waals surface area contributed by atoms with Gasteiger partial charge >= 0.3 is 5.97 Å². The lowest BCUT2D eigenvalue weighted by molar-refractivity contribution is -0.113. The first-order valence-electron chi connectivity index (χ1n) is 9.02. The Morgan fingerprint density at radius 1 is 0.871 bits per heavy atom. The van der Waals surface area contributed by atoms with Gasteiger partial charge in [0.15, 0.2) is 0 Å². The quantitative estimate of drug-likeness (QED) is 0.367. The lowest BCUT2D eigenvalue weighted by Gasteiger charge is -2.14. The molecule has 0 aliphatic carbocycles. The molecular formula is C23H16Br2N2O4. The molecule has 6 nitrogen and oxygen atoms in total. The van der Waals surface area contributed by atoms with Crippen molar-refractivity contribution < 1.29 is 19.5 Å². The summed E-state index contributed by atoms with van der Waals surface area (Å²) in [5.74, 6) is -2.34. The molecule has 0 bridgehead atoms. The molecule has 3 aromatic rings. The van der Waals surface area contributed by atoms with Crippen LogP contribution in [0.2, 0.25) is 0 Å². The number of anilines is 1. The highest BCUT2D eigenvalue weighted by Crippen LogP contribution is 2.31. The first-order chi connectivity index (χ1) is 14.8. The van der Waals surface area contributed by atoms with Crippen molar-refractivity contribution in [3.05, 3.63) is 104 Å². The molecular weight excluding hydrogens is 528 g/mol. The summed E-state index contributed by atoms with van der Waals surface area (Å²) in [4.78, 5) is 37.4. The lowest BCUT2D eigenvalue weighted by atomic mass is 10.1. The van der Waals surface area contributed by atoms with Gasteiger partial charge < -0.3 is 15.7 Å². The molecule has 3 N–H and O–H groups in total. The topological polar surface area (TPSA) is 95.5 Å². The molecule has 3 rings (SSSR count). The molecule has 2 amide bonds. The average molecular weight is 544 g/mol. The molecule has 0 saturated carbocycles. The number of amides is 2. The molecule has 0 fully saturated rings. The van der Waals surface area contributed by atoms with E-state index in [9.17, 15) is 19.5 Å². The van der Waals surface area contributed by atoms with Crippen LogP contribution >= 0.6 is 31.9 Å². The fourth-order valence-corrected chi connectivity index (χ4v) is 4.03. The zero-order valence-corrected chi connectivity index (χ0v) is 19.1. The van der Waals surface area contributed by atoms with Crippen LogP contribution in [0, 0.1) is 0 Å². The van der Waals surface area contributed by atoms with Gasteiger partial charge in [-0.05, 0) is 51.8 Å². The summed E-state index contributed by atoms with van der Waals surface area (Å²) >= 11 is 6.52. The normalized spacial score (nSPS) is 11.0. The third kappa shape index (κ3) is 5.90. The number of carbonyl (C=O) groups is 3. The summed E-state index contributed by atoms with van der Waals surface area (Å²) in [6.45, 7) is 0. The van der Waals surface area contributed by atoms with Gasteiger partial charge in [-0.25, -0.2) is 4.79 Å². The number of halogens is 2. The molecule has 0 aliphatic heterocycles. The molecule has 0 saturated heterocycles. The van der Waals surface area contributed by atoms with Crippen LogP contribution in [0.4, 0.5) is 5.69 Å². The average Bonchev–Trinajstić information content (AvgIpc) is 2.76. The SMILES string of the molecule is O=C(Nc1c(Br)cc(Br)cc1C(=O)O)/C(=C\c1ccccc1)NC(=O)c1ccccc1. The van der Waals surface area contributed by atoms with Gasteiger partial charge in [-0.3, -0.25) is 9.59 Å². The van der Waals surface area contributed by atoms with Crippen molar-refractivity contribution in [1.29, 1.82) is 0 Å². The van der Waals surface area contributed by atoms with Crippen LogP contribution in [0.1, 0.15) is 26.3 Å². The molecule has 31 heavy (non-hydrogen) atoms. The maximum Gasteiger partial charge on any atom is 0.337 e. The number of benzene rings is 3. The smallest absolute Gasteiger partial charge is 0.337 e. The van der Waals surface area contributed by atoms with Crippen molar-refractivity contribution in [3.63, 3.8) is 0 Å². The number of aromatic carboxylic acids is 1. The Kier molecular flexibility index (Phi) is 7.38. The van der Waals surface area contributed by atoms with Gasteiger partial charge in [0.25, 0.3) is 11.8 Å². The van der Waals surface area contributed by atoms with Gasteiger partial charge in [0.05, 0.1) is 11.3 Å². The van der Waals surface area contributed by atoms with E-state index in [0.29, 0.717) is 20.1 Å². The first kappa shape index (κ1) is 22.5. The number of rotatable bonds is 6. The first-order valence-corrected chi connectivity index (χ1v) is 10.6. The predicted molar refractivity (Wildman–Crippen MR) is 126 cm³/mol. The van der Waals surface area contributed by atoms with E-state index in [1.54, 1.807) is 60.7 Å². The Bertz CT molecular complexity index is 1160.